The van der Waals surface area contributed by atoms with Crippen molar-refractivity contribution < 1.29 is 22.7 Å². The lowest BCUT2D eigenvalue weighted by Crippen LogP contribution is -2.40. The zero-order chi connectivity index (χ0) is 23.4. The third-order valence-corrected chi connectivity index (χ3v) is 6.83. The molecular formula is C23H22ClF3N4O2. The third kappa shape index (κ3) is 3.58. The van der Waals surface area contributed by atoms with Gasteiger partial charge in [-0.3, -0.25) is 4.79 Å². The number of amides is 1. The number of hydrogen-bond donors (Lipinski definition) is 0. The fraction of sp³-hybridized carbons (Fsp3) is 0.435. The van der Waals surface area contributed by atoms with Crippen LogP contribution in [0, 0.1) is 5.82 Å². The Morgan fingerprint density at radius 3 is 2.64 bits per heavy atom. The van der Waals surface area contributed by atoms with Gasteiger partial charge < -0.3 is 14.2 Å². The van der Waals surface area contributed by atoms with E-state index in [0.717, 1.165) is 12.8 Å². The fourth-order valence-corrected chi connectivity index (χ4v) is 5.08. The van der Waals surface area contributed by atoms with Crippen LogP contribution in [0.15, 0.2) is 18.2 Å². The summed E-state index contributed by atoms with van der Waals surface area (Å²) in [7, 11) is 1.68. The fourth-order valence-electron chi connectivity index (χ4n) is 4.85. The number of nitrogens with zero attached hydrogens (tertiary/aromatic N) is 4. The molecule has 5 rings (SSSR count). The van der Waals surface area contributed by atoms with Crippen LogP contribution in [0.1, 0.15) is 55.2 Å². The maximum Gasteiger partial charge on any atom is 0.266 e. The number of halogens is 4. The van der Waals surface area contributed by atoms with Crippen molar-refractivity contribution in [1.82, 2.24) is 19.4 Å². The number of likely N-dealkylation sites (N-methyl/N-ethyl adjacent to an activating group) is 1. The van der Waals surface area contributed by atoms with Gasteiger partial charge >= 0.3 is 0 Å². The maximum atomic E-state index is 15.3. The highest BCUT2D eigenvalue weighted by Crippen LogP contribution is 2.41. The molecular weight excluding hydrogens is 457 g/mol. The molecule has 1 aromatic carbocycles. The van der Waals surface area contributed by atoms with Crippen LogP contribution in [0.4, 0.5) is 13.2 Å². The van der Waals surface area contributed by atoms with E-state index < -0.39 is 23.8 Å². The van der Waals surface area contributed by atoms with Crippen molar-refractivity contribution in [1.29, 1.82) is 0 Å². The zero-order valence-corrected chi connectivity index (χ0v) is 18.9. The minimum Gasteiger partial charge on any atom is -0.381 e. The minimum atomic E-state index is -2.86. The normalized spacial score (nSPS) is 19.5. The van der Waals surface area contributed by atoms with E-state index in [1.54, 1.807) is 18.9 Å². The molecule has 0 spiro atoms. The molecule has 2 aliphatic heterocycles. The third-order valence-electron chi connectivity index (χ3n) is 6.53. The Labute approximate surface area is 193 Å². The summed E-state index contributed by atoms with van der Waals surface area (Å²) < 4.78 is 49.8. The predicted molar refractivity (Wildman–Crippen MR) is 117 cm³/mol. The van der Waals surface area contributed by atoms with Crippen LogP contribution in [0.5, 0.6) is 0 Å². The number of imidazole rings is 1. The van der Waals surface area contributed by atoms with Gasteiger partial charge in [0.05, 0.1) is 29.0 Å². The molecule has 1 fully saturated rings. The lowest BCUT2D eigenvalue weighted by molar-refractivity contribution is -0.135. The van der Waals surface area contributed by atoms with Gasteiger partial charge in [-0.15, -0.1) is 0 Å². The van der Waals surface area contributed by atoms with Crippen molar-refractivity contribution in [3.63, 3.8) is 0 Å². The molecule has 0 radical (unpaired) electrons. The Bertz CT molecular complexity index is 1260. The second-order valence-corrected chi connectivity index (χ2v) is 8.91. The Morgan fingerprint density at radius 1 is 1.21 bits per heavy atom. The second kappa shape index (κ2) is 8.29. The van der Waals surface area contributed by atoms with Gasteiger partial charge in [-0.25, -0.2) is 23.1 Å². The van der Waals surface area contributed by atoms with E-state index in [4.69, 9.17) is 21.3 Å². The predicted octanol–water partition coefficient (Wildman–Crippen LogP) is 5.26. The summed E-state index contributed by atoms with van der Waals surface area (Å²) in [6.45, 7) is 3.18. The smallest absolute Gasteiger partial charge is 0.266 e. The van der Waals surface area contributed by atoms with Crippen molar-refractivity contribution in [3.8, 4) is 11.3 Å². The summed E-state index contributed by atoms with van der Waals surface area (Å²) in [5.74, 6) is 0.0851. The van der Waals surface area contributed by atoms with Crippen LogP contribution in [0.25, 0.3) is 22.2 Å². The highest BCUT2D eigenvalue weighted by atomic mass is 35.5. The number of benzene rings is 1. The summed E-state index contributed by atoms with van der Waals surface area (Å²) in [5, 5.41) is -0.106. The summed E-state index contributed by atoms with van der Waals surface area (Å²) in [6, 6.07) is 3.33. The van der Waals surface area contributed by atoms with Crippen LogP contribution < -0.4 is 0 Å². The molecule has 0 bridgehead atoms. The van der Waals surface area contributed by atoms with Gasteiger partial charge in [0, 0.05) is 37.1 Å². The molecule has 10 heteroatoms. The summed E-state index contributed by atoms with van der Waals surface area (Å²) in [5.41, 5.74) is 0.939. The van der Waals surface area contributed by atoms with E-state index >= 15 is 4.39 Å². The molecule has 1 amide bonds. The first kappa shape index (κ1) is 22.2. The zero-order valence-electron chi connectivity index (χ0n) is 18.1. The first-order chi connectivity index (χ1) is 15.8. The number of hydrogen-bond acceptors (Lipinski definition) is 4. The summed E-state index contributed by atoms with van der Waals surface area (Å²) >= 11 is 5.95. The van der Waals surface area contributed by atoms with E-state index in [2.05, 4.69) is 4.98 Å². The summed E-state index contributed by atoms with van der Waals surface area (Å²) in [6.07, 6.45) is -1.39. The molecule has 6 nitrogen and oxygen atoms in total. The van der Waals surface area contributed by atoms with Gasteiger partial charge in [0.2, 0.25) is 5.91 Å². The topological polar surface area (TPSA) is 60.3 Å². The van der Waals surface area contributed by atoms with Gasteiger partial charge in [0.1, 0.15) is 22.8 Å². The lowest BCUT2D eigenvalue weighted by Gasteiger charge is -2.32. The van der Waals surface area contributed by atoms with E-state index in [1.165, 1.54) is 18.2 Å². The number of carbonyl (C=O) groups is 1. The maximum absolute atomic E-state index is 15.3. The average Bonchev–Trinajstić information content (AvgIpc) is 3.16. The van der Waals surface area contributed by atoms with E-state index in [9.17, 15) is 13.6 Å². The Morgan fingerprint density at radius 2 is 1.94 bits per heavy atom. The largest absolute Gasteiger partial charge is 0.381 e. The van der Waals surface area contributed by atoms with Gasteiger partial charge in [0.25, 0.3) is 6.43 Å². The van der Waals surface area contributed by atoms with E-state index in [0.29, 0.717) is 35.9 Å². The van der Waals surface area contributed by atoms with E-state index in [1.807, 2.05) is 4.57 Å². The monoisotopic (exact) mass is 478 g/mol. The Balaban J connectivity index is 1.80. The molecule has 4 heterocycles. The molecule has 33 heavy (non-hydrogen) atoms. The number of carbonyl (C=O) groups excluding carboxylic acids is 1. The van der Waals surface area contributed by atoms with Crippen LogP contribution in [-0.4, -0.2) is 45.6 Å². The van der Waals surface area contributed by atoms with Gasteiger partial charge in [-0.1, -0.05) is 11.6 Å². The average molecular weight is 479 g/mol. The highest BCUT2D eigenvalue weighted by molar-refractivity contribution is 6.30. The van der Waals surface area contributed by atoms with Crippen LogP contribution in [0.3, 0.4) is 0 Å². The number of aromatic nitrogens is 3. The first-order valence-electron chi connectivity index (χ1n) is 10.8. The van der Waals surface area contributed by atoms with E-state index in [-0.39, 0.29) is 34.5 Å². The van der Waals surface area contributed by atoms with Crippen LogP contribution >= 0.6 is 11.6 Å². The van der Waals surface area contributed by atoms with Gasteiger partial charge in [0.15, 0.2) is 0 Å². The molecule has 174 valence electrons. The molecule has 2 aliphatic rings. The molecule has 0 N–H and O–H groups in total. The molecule has 1 unspecified atom stereocenters. The van der Waals surface area contributed by atoms with Crippen molar-refractivity contribution in [2.75, 3.05) is 20.3 Å². The molecule has 0 saturated carbocycles. The SMILES string of the molecule is CC1C(=O)N(C)Cc2c(-c3c(F)ccc4nc(Cl)c(C(F)F)cc34)nc(C3CCOCC3)n21. The first-order valence-corrected chi connectivity index (χ1v) is 11.2. The molecule has 1 saturated heterocycles. The number of fused-ring (bicyclic) bond motifs is 2. The molecule has 3 aromatic rings. The van der Waals surface area contributed by atoms with Crippen LogP contribution in [0.2, 0.25) is 5.15 Å². The lowest BCUT2D eigenvalue weighted by atomic mass is 9.98. The van der Waals surface area contributed by atoms with Crippen molar-refractivity contribution in [2.24, 2.45) is 0 Å². The molecule has 1 atom stereocenters. The number of rotatable bonds is 3. The van der Waals surface area contributed by atoms with Crippen molar-refractivity contribution >= 4 is 28.4 Å². The van der Waals surface area contributed by atoms with Gasteiger partial charge in [-0.05, 0) is 38.0 Å². The number of ether oxygens (including phenoxy) is 1. The highest BCUT2D eigenvalue weighted by Gasteiger charge is 2.36. The second-order valence-electron chi connectivity index (χ2n) is 8.55. The quantitative estimate of drug-likeness (QED) is 0.482. The van der Waals surface area contributed by atoms with Crippen molar-refractivity contribution in [2.45, 2.75) is 44.7 Å². The summed E-state index contributed by atoms with van der Waals surface area (Å²) in [4.78, 5) is 23.3. The van der Waals surface area contributed by atoms with Gasteiger partial charge in [-0.2, -0.15) is 0 Å². The molecule has 0 aliphatic carbocycles. The Hall–Kier alpha value is -2.65. The standard InChI is InChI=1S/C23H22ClF3N4O2/c1-11-23(32)30(2)10-17-19(29-22(31(11)17)12-5-7-33-8-6-12)18-13-9-14(21(26)27)20(24)28-16(13)4-3-15(18)25/h3-4,9,11-12,21H,5-8,10H2,1-2H3. The van der Waals surface area contributed by atoms with Crippen LogP contribution in [-0.2, 0) is 16.1 Å². The molecule has 2 aromatic heterocycles. The minimum absolute atomic E-state index is 0.0483. The van der Waals surface area contributed by atoms with Crippen molar-refractivity contribution in [3.05, 3.63) is 46.3 Å². The Kier molecular flexibility index (Phi) is 5.56. The number of pyridine rings is 1. The number of alkyl halides is 2.